The van der Waals surface area contributed by atoms with E-state index in [1.54, 1.807) is 0 Å². The van der Waals surface area contributed by atoms with Gasteiger partial charge in [-0.2, -0.15) is 0 Å². The first-order valence-corrected chi connectivity index (χ1v) is 19.2. The molecule has 1 fully saturated rings. The third kappa shape index (κ3) is 22.5. The smallest absolute Gasteiger partial charge is 0.469 e. The molecular weight excluding hydrogens is 762 g/mol. The molecule has 24 heteroatoms. The topological polar surface area (TPSA) is 294 Å². The summed E-state index contributed by atoms with van der Waals surface area (Å²) in [6.45, 7) is 5.28. The zero-order valence-electron chi connectivity index (χ0n) is 30.7. The van der Waals surface area contributed by atoms with Crippen molar-refractivity contribution in [2.24, 2.45) is 0 Å². The largest absolute Gasteiger partial charge is 0.495 e. The van der Waals surface area contributed by atoms with Crippen LogP contribution in [0.2, 0.25) is 0 Å². The monoisotopic (exact) mass is 818 g/mol. The van der Waals surface area contributed by atoms with Gasteiger partial charge in [-0.1, -0.05) is 0 Å². The predicted octanol–water partition coefficient (Wildman–Crippen LogP) is -3.73. The zero-order valence-corrected chi connectivity index (χ0v) is 31.6. The second kappa shape index (κ2) is 29.3. The molecule has 2 radical (unpaired) electrons. The van der Waals surface area contributed by atoms with Crippen LogP contribution in [-0.4, -0.2) is 210 Å². The van der Waals surface area contributed by atoms with Gasteiger partial charge in [0.2, 0.25) is 5.91 Å². The van der Waals surface area contributed by atoms with Crippen molar-refractivity contribution >= 4 is 27.0 Å². The fourth-order valence-electron chi connectivity index (χ4n) is 4.56. The number of phosphoric acid groups is 1. The fraction of sp³-hybridized carbons (Fsp3) is 0.839. The number of amides is 1. The van der Waals surface area contributed by atoms with Crippen LogP contribution in [0.4, 0.5) is 0 Å². The van der Waals surface area contributed by atoms with Gasteiger partial charge in [0.1, 0.15) is 32.3 Å². The van der Waals surface area contributed by atoms with Crippen LogP contribution >= 0.6 is 7.82 Å². The summed E-state index contributed by atoms with van der Waals surface area (Å²) in [5.74, 6) is -0.741. The van der Waals surface area contributed by atoms with Gasteiger partial charge in [0.15, 0.2) is 18.1 Å². The number of aromatic nitrogens is 1. The Hall–Kier alpha value is -2.00. The highest BCUT2D eigenvalue weighted by Crippen LogP contribution is 2.37. The Morgan fingerprint density at radius 3 is 1.56 bits per heavy atom. The van der Waals surface area contributed by atoms with E-state index in [2.05, 4.69) is 9.84 Å². The van der Waals surface area contributed by atoms with Crippen LogP contribution in [-0.2, 0) is 67.8 Å². The van der Waals surface area contributed by atoms with E-state index in [9.17, 15) is 34.9 Å². The molecule has 5 unspecified atom stereocenters. The van der Waals surface area contributed by atoms with Gasteiger partial charge >= 0.3 is 7.82 Å². The number of nitrogens with one attached hydrogen (secondary N) is 1. The summed E-state index contributed by atoms with van der Waals surface area (Å²) >= 11 is 0. The van der Waals surface area contributed by atoms with Crippen molar-refractivity contribution in [1.82, 2.24) is 9.88 Å². The maximum atomic E-state index is 11.9. The quantitative estimate of drug-likeness (QED) is 0.0188. The van der Waals surface area contributed by atoms with Gasteiger partial charge in [-0.15, -0.1) is 0 Å². The highest BCUT2D eigenvalue weighted by molar-refractivity contribution is 7.46. The van der Waals surface area contributed by atoms with Crippen molar-refractivity contribution in [2.75, 3.05) is 125 Å². The number of aliphatic hydroxyl groups is 3. The lowest BCUT2D eigenvalue weighted by molar-refractivity contribution is -0.301. The molecule has 1 aliphatic heterocycles. The molecular formula is C31H56BN2O20P. The number of rotatable bonds is 34. The van der Waals surface area contributed by atoms with Crippen LogP contribution in [0.1, 0.15) is 6.42 Å². The normalized spacial score (nSPS) is 20.3. The van der Waals surface area contributed by atoms with E-state index in [4.69, 9.17) is 65.0 Å². The standard InChI is InChI=1S/C31H56BN2O20P/c32-23-21-26(36)34(30(23)40)3-1-25(35)33-2-4-44-5-6-45-7-8-46-9-10-47-11-12-48-13-14-49-15-16-50-17-18-51-19-20-52-31-29(39)28(38)27(37)24(54-31)22-53-55(41,42)43/h21,24,27-29,31,36-40H,1-20,22H2,(H,33,35)(H2,41,42,43). The van der Waals surface area contributed by atoms with Crippen molar-refractivity contribution in [1.29, 1.82) is 0 Å². The number of ether oxygens (including phenoxy) is 10. The van der Waals surface area contributed by atoms with Crippen LogP contribution in [0, 0.1) is 0 Å². The highest BCUT2D eigenvalue weighted by Gasteiger charge is 2.45. The lowest BCUT2D eigenvalue weighted by atomic mass is 9.99. The number of aromatic hydroxyl groups is 2. The average molecular weight is 819 g/mol. The van der Waals surface area contributed by atoms with Crippen LogP contribution in [0.3, 0.4) is 0 Å². The Bertz CT molecular complexity index is 1200. The molecule has 2 rings (SSSR count). The Morgan fingerprint density at radius 1 is 0.709 bits per heavy atom. The summed E-state index contributed by atoms with van der Waals surface area (Å²) in [7, 11) is 0.674. The third-order valence-corrected chi connectivity index (χ3v) is 7.88. The average Bonchev–Trinajstić information content (AvgIpc) is 3.39. The third-order valence-electron chi connectivity index (χ3n) is 7.40. The minimum atomic E-state index is -4.83. The van der Waals surface area contributed by atoms with Crippen LogP contribution < -0.4 is 10.8 Å². The summed E-state index contributed by atoms with van der Waals surface area (Å²) in [5.41, 5.74) is 0.0423. The molecule has 1 aromatic rings. The van der Waals surface area contributed by atoms with E-state index in [-0.39, 0.29) is 55.9 Å². The molecule has 0 saturated carbocycles. The minimum absolute atomic E-state index is 0.0423. The molecule has 5 atom stereocenters. The molecule has 8 N–H and O–H groups in total. The Balaban J connectivity index is 1.25. The number of hydrogen-bond acceptors (Lipinski definition) is 18. The molecule has 0 bridgehead atoms. The summed E-state index contributed by atoms with van der Waals surface area (Å²) in [4.78, 5) is 29.5. The first-order valence-electron chi connectivity index (χ1n) is 17.7. The molecule has 0 aliphatic carbocycles. The van der Waals surface area contributed by atoms with Gasteiger partial charge in [0, 0.05) is 19.5 Å². The Morgan fingerprint density at radius 2 is 1.15 bits per heavy atom. The number of aliphatic hydroxyl groups excluding tert-OH is 3. The Kier molecular flexibility index (Phi) is 26.1. The lowest BCUT2D eigenvalue weighted by Gasteiger charge is -2.40. The van der Waals surface area contributed by atoms with Crippen LogP contribution in [0.25, 0.3) is 0 Å². The molecule has 55 heavy (non-hydrogen) atoms. The molecule has 1 aliphatic rings. The van der Waals surface area contributed by atoms with Crippen molar-refractivity contribution in [2.45, 2.75) is 43.7 Å². The van der Waals surface area contributed by atoms with Gasteiger partial charge in [0.05, 0.1) is 119 Å². The first kappa shape index (κ1) is 49.2. The number of hydrogen-bond donors (Lipinski definition) is 8. The van der Waals surface area contributed by atoms with E-state index < -0.39 is 45.1 Å². The van der Waals surface area contributed by atoms with Gasteiger partial charge in [-0.25, -0.2) is 4.57 Å². The van der Waals surface area contributed by atoms with E-state index in [0.29, 0.717) is 99.0 Å². The molecule has 1 saturated heterocycles. The summed E-state index contributed by atoms with van der Waals surface area (Å²) in [5, 5.41) is 52.0. The first-order chi connectivity index (χ1) is 26.4. The fourth-order valence-corrected chi connectivity index (χ4v) is 4.90. The predicted molar refractivity (Wildman–Crippen MR) is 188 cm³/mol. The van der Waals surface area contributed by atoms with Gasteiger partial charge in [-0.05, 0) is 11.5 Å². The van der Waals surface area contributed by atoms with Crippen LogP contribution in [0.15, 0.2) is 6.07 Å². The molecule has 0 aromatic carbocycles. The zero-order chi connectivity index (χ0) is 40.3. The van der Waals surface area contributed by atoms with E-state index >= 15 is 0 Å². The molecule has 1 amide bonds. The molecule has 0 spiro atoms. The van der Waals surface area contributed by atoms with Crippen LogP contribution in [0.5, 0.6) is 11.8 Å². The molecule has 318 valence electrons. The summed E-state index contributed by atoms with van der Waals surface area (Å²) in [6.07, 6.45) is -7.56. The van der Waals surface area contributed by atoms with Crippen molar-refractivity contribution in [3.05, 3.63) is 6.07 Å². The maximum absolute atomic E-state index is 11.9. The van der Waals surface area contributed by atoms with Crippen molar-refractivity contribution in [3.63, 3.8) is 0 Å². The maximum Gasteiger partial charge on any atom is 0.469 e. The molecule has 2 heterocycles. The number of carbonyl (C=O) groups excluding carboxylic acids is 1. The van der Waals surface area contributed by atoms with Gasteiger partial charge in [-0.3, -0.25) is 13.9 Å². The number of phosphoric ester groups is 1. The SMILES string of the molecule is [B]c1cc(O)n(CCC(=O)NCCOCCOCCOCCOCCOCCOCCOCCOCCOC2OC(COP(=O)(O)O)C(O)C(O)C2O)c1O. The summed E-state index contributed by atoms with van der Waals surface area (Å²) in [6, 6.07) is 1.21. The second-order valence-corrected chi connectivity index (χ2v) is 12.8. The number of nitrogens with zero attached hydrogens (tertiary/aromatic N) is 1. The van der Waals surface area contributed by atoms with E-state index in [1.165, 1.54) is 6.07 Å². The minimum Gasteiger partial charge on any atom is -0.495 e. The lowest BCUT2D eigenvalue weighted by Crippen LogP contribution is -2.59. The van der Waals surface area contributed by atoms with Gasteiger partial charge in [0.25, 0.3) is 0 Å². The van der Waals surface area contributed by atoms with Crippen molar-refractivity contribution in [3.8, 4) is 11.8 Å². The van der Waals surface area contributed by atoms with Crippen molar-refractivity contribution < 1.29 is 96.6 Å². The summed E-state index contributed by atoms with van der Waals surface area (Å²) < 4.78 is 70.2. The second-order valence-electron chi connectivity index (χ2n) is 11.6. The molecule has 22 nitrogen and oxygen atoms in total. The van der Waals surface area contributed by atoms with E-state index in [0.717, 1.165) is 4.57 Å². The molecule has 1 aromatic heterocycles. The van der Waals surface area contributed by atoms with E-state index in [1.807, 2.05) is 0 Å². The Labute approximate surface area is 320 Å². The number of carbonyl (C=O) groups is 1. The highest BCUT2D eigenvalue weighted by atomic mass is 31.2. The van der Waals surface area contributed by atoms with Gasteiger partial charge < -0.3 is 88.0 Å².